The fraction of sp³-hybridized carbons (Fsp3) is 0.333. The van der Waals surface area contributed by atoms with Gasteiger partial charge in [0.25, 0.3) is 0 Å². The Kier molecular flexibility index (Phi) is 7.66. The summed E-state index contributed by atoms with van der Waals surface area (Å²) in [6.45, 7) is 0. The molecule has 3 aromatic rings. The van der Waals surface area contributed by atoms with Crippen LogP contribution in [0.4, 0.5) is 5.69 Å². The molecule has 0 radical (unpaired) electrons. The first-order valence-electron chi connectivity index (χ1n) is 19.6. The number of anilines is 1. The molecule has 3 atom stereocenters. The van der Waals surface area contributed by atoms with E-state index in [2.05, 4.69) is 125 Å². The second-order valence-corrected chi connectivity index (χ2v) is 15.5. The van der Waals surface area contributed by atoms with Gasteiger partial charge in [-0.3, -0.25) is 0 Å². The van der Waals surface area contributed by atoms with Gasteiger partial charge in [0.15, 0.2) is 0 Å². The molecule has 50 heavy (non-hydrogen) atoms. The Balaban J connectivity index is 0.982. The molecular weight excluding hydrogens is 605 g/mol. The van der Waals surface area contributed by atoms with Crippen LogP contribution in [0.1, 0.15) is 99.8 Å². The first-order valence-corrected chi connectivity index (χ1v) is 19.6. The van der Waals surface area contributed by atoms with E-state index in [4.69, 9.17) is 0 Å². The minimum absolute atomic E-state index is 0.469. The number of rotatable bonds is 5. The number of fused-ring (bicyclic) bond motifs is 5. The summed E-state index contributed by atoms with van der Waals surface area (Å²) in [6.07, 6.45) is 42.1. The normalized spacial score (nSPS) is 25.8. The molecule has 0 N–H and O–H groups in total. The minimum Gasteiger partial charge on any atom is -0.341 e. The molecule has 7 aliphatic rings. The highest BCUT2D eigenvalue weighted by molar-refractivity contribution is 5.95. The van der Waals surface area contributed by atoms with Gasteiger partial charge in [0.1, 0.15) is 0 Å². The van der Waals surface area contributed by atoms with E-state index in [0.29, 0.717) is 17.9 Å². The van der Waals surface area contributed by atoms with Crippen molar-refractivity contribution < 1.29 is 0 Å². The summed E-state index contributed by atoms with van der Waals surface area (Å²) in [5.41, 5.74) is 17.9. The molecule has 3 unspecified atom stereocenters. The summed E-state index contributed by atoms with van der Waals surface area (Å²) in [5.74, 6) is 1.05. The second-order valence-electron chi connectivity index (χ2n) is 15.5. The molecule has 1 aliphatic heterocycles. The Morgan fingerprint density at radius 3 is 2.50 bits per heavy atom. The van der Waals surface area contributed by atoms with E-state index in [9.17, 15) is 0 Å². The predicted molar refractivity (Wildman–Crippen MR) is 211 cm³/mol. The highest BCUT2D eigenvalue weighted by Gasteiger charge is 2.42. The van der Waals surface area contributed by atoms with Gasteiger partial charge in [-0.2, -0.15) is 0 Å². The number of hydrogen-bond acceptors (Lipinski definition) is 1. The molecule has 0 saturated heterocycles. The Bertz CT molecular complexity index is 2150. The molecular formula is C48H48N2. The van der Waals surface area contributed by atoms with Gasteiger partial charge in [0.2, 0.25) is 0 Å². The molecule has 2 nitrogen and oxygen atoms in total. The van der Waals surface area contributed by atoms with E-state index in [1.807, 2.05) is 0 Å². The quantitative estimate of drug-likeness (QED) is 0.249. The van der Waals surface area contributed by atoms with Crippen LogP contribution in [0.5, 0.6) is 0 Å². The van der Waals surface area contributed by atoms with Crippen LogP contribution < -0.4 is 4.90 Å². The van der Waals surface area contributed by atoms with E-state index in [0.717, 1.165) is 57.8 Å². The van der Waals surface area contributed by atoms with Gasteiger partial charge in [-0.25, -0.2) is 0 Å². The molecule has 0 saturated carbocycles. The molecule has 1 aromatic heterocycles. The number of benzene rings is 2. The summed E-state index contributed by atoms with van der Waals surface area (Å²) >= 11 is 0. The lowest BCUT2D eigenvalue weighted by Crippen LogP contribution is -2.35. The molecule has 0 amide bonds. The van der Waals surface area contributed by atoms with Crippen LogP contribution in [-0.4, -0.2) is 10.6 Å². The van der Waals surface area contributed by atoms with Gasteiger partial charge in [-0.05, 0) is 147 Å². The topological polar surface area (TPSA) is 8.17 Å². The van der Waals surface area contributed by atoms with Crippen molar-refractivity contribution >= 4 is 28.4 Å². The van der Waals surface area contributed by atoms with Gasteiger partial charge >= 0.3 is 0 Å². The lowest BCUT2D eigenvalue weighted by molar-refractivity contribution is 0.513. The lowest BCUT2D eigenvalue weighted by atomic mass is 9.78. The first-order chi connectivity index (χ1) is 24.8. The average Bonchev–Trinajstić information content (AvgIpc) is 3.71. The molecule has 10 rings (SSSR count). The number of nitrogens with zero attached hydrogens (tertiary/aromatic N) is 2. The van der Waals surface area contributed by atoms with E-state index >= 15 is 0 Å². The monoisotopic (exact) mass is 652 g/mol. The summed E-state index contributed by atoms with van der Waals surface area (Å²) < 4.78 is 2.64. The molecule has 250 valence electrons. The second kappa shape index (κ2) is 12.6. The van der Waals surface area contributed by atoms with E-state index < -0.39 is 0 Å². The maximum absolute atomic E-state index is 2.75. The third-order valence-corrected chi connectivity index (χ3v) is 12.7. The Labute approximate surface area is 298 Å². The number of aromatic nitrogens is 1. The maximum atomic E-state index is 2.75. The van der Waals surface area contributed by atoms with Gasteiger partial charge in [0.05, 0.1) is 5.52 Å². The van der Waals surface area contributed by atoms with E-state index in [-0.39, 0.29) is 0 Å². The SMILES string of the molecule is C1=CCCC(C2=CCCC(n3c4c(c5ccccc53)C=C(C3=CC5C6=C(CCC=C6)N(c6ccc(C7C=CCCC7)cc6)C5CC3)CC4)=C2)=C1. The van der Waals surface area contributed by atoms with Crippen molar-refractivity contribution in [3.05, 3.63) is 160 Å². The highest BCUT2D eigenvalue weighted by atomic mass is 15.2. The molecule has 2 heterocycles. The van der Waals surface area contributed by atoms with Gasteiger partial charge < -0.3 is 9.47 Å². The smallest absolute Gasteiger partial charge is 0.0534 e. The van der Waals surface area contributed by atoms with Gasteiger partial charge in [0, 0.05) is 51.6 Å². The predicted octanol–water partition coefficient (Wildman–Crippen LogP) is 12.5. The highest BCUT2D eigenvalue weighted by Crippen LogP contribution is 2.49. The van der Waals surface area contributed by atoms with Crippen molar-refractivity contribution in [2.75, 3.05) is 4.90 Å². The van der Waals surface area contributed by atoms with Crippen molar-refractivity contribution in [1.29, 1.82) is 0 Å². The number of allylic oxidation sites excluding steroid dienone is 15. The third-order valence-electron chi connectivity index (χ3n) is 12.7. The fourth-order valence-electron chi connectivity index (χ4n) is 10.2. The lowest BCUT2D eigenvalue weighted by Gasteiger charge is -2.35. The van der Waals surface area contributed by atoms with Crippen LogP contribution in [-0.2, 0) is 6.42 Å². The van der Waals surface area contributed by atoms with Crippen molar-refractivity contribution in [2.24, 2.45) is 5.92 Å². The van der Waals surface area contributed by atoms with Crippen LogP contribution >= 0.6 is 0 Å². The molecule has 6 aliphatic carbocycles. The average molecular weight is 653 g/mol. The van der Waals surface area contributed by atoms with Crippen LogP contribution in [0.25, 0.3) is 22.7 Å². The zero-order valence-electron chi connectivity index (χ0n) is 29.3. The van der Waals surface area contributed by atoms with Crippen LogP contribution in [0.2, 0.25) is 0 Å². The summed E-state index contributed by atoms with van der Waals surface area (Å²) in [6, 6.07) is 19.4. The fourth-order valence-corrected chi connectivity index (χ4v) is 10.2. The van der Waals surface area contributed by atoms with Crippen molar-refractivity contribution in [1.82, 2.24) is 4.57 Å². The first kappa shape index (κ1) is 30.3. The summed E-state index contributed by atoms with van der Waals surface area (Å²) in [4.78, 5) is 2.75. The van der Waals surface area contributed by atoms with Gasteiger partial charge in [-0.1, -0.05) is 85.0 Å². The Morgan fingerprint density at radius 2 is 1.62 bits per heavy atom. The molecule has 0 fully saturated rings. The molecule has 0 spiro atoms. The van der Waals surface area contributed by atoms with E-state index in [1.165, 1.54) is 75.9 Å². The van der Waals surface area contributed by atoms with Crippen LogP contribution in [0.15, 0.2) is 143 Å². The van der Waals surface area contributed by atoms with E-state index in [1.54, 1.807) is 22.4 Å². The van der Waals surface area contributed by atoms with Crippen molar-refractivity contribution in [2.45, 2.75) is 95.4 Å². The minimum atomic E-state index is 0.469. The standard InChI is InChI=1S/C48H48N2/c1-3-12-33(13-4-1)35-22-26-39(27-23-35)49-45-20-9-7-18-41(45)43-31-37(24-28-47(43)49)38-25-29-48-44(32-38)42-19-8-10-21-46(42)50(48)40-17-11-16-36(30-40)34-14-5-2-6-15-34/h2-3,5,7-8,10,12,14,16,18-19,21-23,26-27,30-33,43,47H,1,4,6,9,11,13,15,17,20,24-25,28-29H2. The van der Waals surface area contributed by atoms with Crippen LogP contribution in [0, 0.1) is 5.92 Å². The molecule has 0 bridgehead atoms. The number of hydrogen-bond donors (Lipinski definition) is 0. The van der Waals surface area contributed by atoms with Crippen molar-refractivity contribution in [3.63, 3.8) is 0 Å². The maximum Gasteiger partial charge on any atom is 0.0534 e. The zero-order valence-corrected chi connectivity index (χ0v) is 29.3. The summed E-state index contributed by atoms with van der Waals surface area (Å²) in [7, 11) is 0. The largest absolute Gasteiger partial charge is 0.341 e. The van der Waals surface area contributed by atoms with Crippen LogP contribution in [0.3, 0.4) is 0 Å². The van der Waals surface area contributed by atoms with Crippen molar-refractivity contribution in [3.8, 4) is 0 Å². The Morgan fingerprint density at radius 1 is 0.700 bits per heavy atom. The van der Waals surface area contributed by atoms with Gasteiger partial charge in [-0.15, -0.1) is 0 Å². The zero-order chi connectivity index (χ0) is 33.0. The molecule has 2 aromatic carbocycles. The summed E-state index contributed by atoms with van der Waals surface area (Å²) in [5, 5.41) is 1.41. The number of para-hydroxylation sites is 1. The third kappa shape index (κ3) is 5.13. The molecule has 2 heteroatoms. The Hall–Kier alpha value is -4.56.